The van der Waals surface area contributed by atoms with E-state index < -0.39 is 5.97 Å². The number of methoxy groups -OCH3 is 1. The number of nitrogens with zero attached hydrogens (tertiary/aromatic N) is 3. The Balaban J connectivity index is 1.68. The molecule has 3 rings (SSSR count). The number of amides is 1. The predicted molar refractivity (Wildman–Crippen MR) is 121 cm³/mol. The van der Waals surface area contributed by atoms with E-state index in [1.165, 1.54) is 7.11 Å². The third-order valence-corrected chi connectivity index (χ3v) is 5.22. The van der Waals surface area contributed by atoms with E-state index in [1.807, 2.05) is 67.7 Å². The molecule has 1 amide bonds. The Morgan fingerprint density at radius 1 is 1.10 bits per heavy atom. The monoisotopic (exact) mass is 420 g/mol. The maximum Gasteiger partial charge on any atom is 0.337 e. The van der Waals surface area contributed by atoms with Gasteiger partial charge in [-0.15, -0.1) is 0 Å². The van der Waals surface area contributed by atoms with Crippen LogP contribution in [0.4, 0.5) is 5.69 Å². The zero-order valence-electron chi connectivity index (χ0n) is 18.6. The van der Waals surface area contributed by atoms with Crippen LogP contribution in [0.3, 0.4) is 0 Å². The van der Waals surface area contributed by atoms with Gasteiger partial charge in [0, 0.05) is 23.5 Å². The van der Waals surface area contributed by atoms with Crippen LogP contribution >= 0.6 is 0 Å². The molecule has 162 valence electrons. The summed E-state index contributed by atoms with van der Waals surface area (Å²) in [4.78, 5) is 26.3. The molecular weight excluding hydrogens is 392 g/mol. The lowest BCUT2D eigenvalue weighted by Gasteiger charge is -2.17. The summed E-state index contributed by atoms with van der Waals surface area (Å²) in [5, 5.41) is 7.57. The Morgan fingerprint density at radius 3 is 2.48 bits per heavy atom. The van der Waals surface area contributed by atoms with Gasteiger partial charge in [0.15, 0.2) is 0 Å². The Labute approximate surface area is 182 Å². The number of carbonyl (C=O) groups excluding carboxylic acids is 2. The number of para-hydroxylation sites is 1. The molecule has 1 N–H and O–H groups in total. The average Bonchev–Trinajstić information content (AvgIpc) is 3.03. The lowest BCUT2D eigenvalue weighted by Crippen LogP contribution is -2.30. The second-order valence-electron chi connectivity index (χ2n) is 7.64. The number of carbonyl (C=O) groups is 2. The highest BCUT2D eigenvalue weighted by Crippen LogP contribution is 2.20. The first-order valence-electron chi connectivity index (χ1n) is 10.1. The number of nitrogens with one attached hydrogen (secondary N) is 1. The smallest absolute Gasteiger partial charge is 0.337 e. The van der Waals surface area contributed by atoms with Crippen molar-refractivity contribution in [2.45, 2.75) is 27.3 Å². The molecule has 0 aliphatic carbocycles. The number of aromatic nitrogens is 2. The molecule has 1 heterocycles. The summed E-state index contributed by atoms with van der Waals surface area (Å²) in [5.41, 5.74) is 5.98. The van der Waals surface area contributed by atoms with Crippen molar-refractivity contribution in [2.75, 3.05) is 26.0 Å². The van der Waals surface area contributed by atoms with Crippen LogP contribution in [0.2, 0.25) is 0 Å². The molecule has 2 aromatic carbocycles. The molecule has 0 bridgehead atoms. The van der Waals surface area contributed by atoms with E-state index in [4.69, 9.17) is 4.74 Å². The number of esters is 1. The first-order chi connectivity index (χ1) is 14.8. The van der Waals surface area contributed by atoms with Crippen LogP contribution in [0, 0.1) is 20.8 Å². The molecule has 0 saturated heterocycles. The Morgan fingerprint density at radius 2 is 1.81 bits per heavy atom. The van der Waals surface area contributed by atoms with Gasteiger partial charge in [-0.25, -0.2) is 9.48 Å². The summed E-state index contributed by atoms with van der Waals surface area (Å²) in [6.07, 6.45) is 0. The lowest BCUT2D eigenvalue weighted by molar-refractivity contribution is -0.117. The van der Waals surface area contributed by atoms with E-state index in [2.05, 4.69) is 10.4 Å². The van der Waals surface area contributed by atoms with Crippen LogP contribution in [-0.2, 0) is 16.1 Å². The molecule has 7 nitrogen and oxygen atoms in total. The van der Waals surface area contributed by atoms with Gasteiger partial charge in [-0.3, -0.25) is 9.69 Å². The quantitative estimate of drug-likeness (QED) is 0.591. The summed E-state index contributed by atoms with van der Waals surface area (Å²) in [6.45, 7) is 6.71. The van der Waals surface area contributed by atoms with Gasteiger partial charge in [0.05, 0.1) is 30.6 Å². The molecule has 0 saturated carbocycles. The normalized spacial score (nSPS) is 10.9. The van der Waals surface area contributed by atoms with Crippen LogP contribution in [0.15, 0.2) is 48.5 Å². The molecule has 0 fully saturated rings. The Hall–Kier alpha value is -3.45. The van der Waals surface area contributed by atoms with Gasteiger partial charge < -0.3 is 10.1 Å². The summed E-state index contributed by atoms with van der Waals surface area (Å²) in [6, 6.07) is 15.1. The van der Waals surface area contributed by atoms with E-state index in [-0.39, 0.29) is 12.5 Å². The van der Waals surface area contributed by atoms with Crippen molar-refractivity contribution in [3.63, 3.8) is 0 Å². The van der Waals surface area contributed by atoms with Gasteiger partial charge >= 0.3 is 5.97 Å². The highest BCUT2D eigenvalue weighted by atomic mass is 16.5. The molecule has 0 radical (unpaired) electrons. The van der Waals surface area contributed by atoms with Crippen molar-refractivity contribution in [1.82, 2.24) is 14.7 Å². The lowest BCUT2D eigenvalue weighted by atomic mass is 10.1. The van der Waals surface area contributed by atoms with Crippen molar-refractivity contribution >= 4 is 17.6 Å². The molecule has 0 aliphatic heterocycles. The van der Waals surface area contributed by atoms with E-state index in [1.54, 1.807) is 18.2 Å². The number of benzene rings is 2. The summed E-state index contributed by atoms with van der Waals surface area (Å²) in [5.74, 6) is -0.590. The Bertz CT molecular complexity index is 1090. The first-order valence-corrected chi connectivity index (χ1v) is 10.1. The molecule has 0 spiro atoms. The van der Waals surface area contributed by atoms with Crippen molar-refractivity contribution in [3.05, 3.63) is 76.6 Å². The summed E-state index contributed by atoms with van der Waals surface area (Å²) >= 11 is 0. The zero-order valence-corrected chi connectivity index (χ0v) is 18.6. The van der Waals surface area contributed by atoms with Gasteiger partial charge in [-0.2, -0.15) is 5.10 Å². The largest absolute Gasteiger partial charge is 0.465 e. The van der Waals surface area contributed by atoms with E-state index in [0.717, 1.165) is 28.2 Å². The van der Waals surface area contributed by atoms with E-state index >= 15 is 0 Å². The zero-order chi connectivity index (χ0) is 22.5. The summed E-state index contributed by atoms with van der Waals surface area (Å²) < 4.78 is 6.69. The fourth-order valence-corrected chi connectivity index (χ4v) is 3.49. The minimum Gasteiger partial charge on any atom is -0.465 e. The van der Waals surface area contributed by atoms with Crippen molar-refractivity contribution in [3.8, 4) is 5.69 Å². The molecule has 0 aliphatic rings. The standard InChI is InChI=1S/C24H28N4O3/c1-16-11-12-19(24(30)31-5)13-22(16)25-23(29)15-27(4)14-21-17(2)26-28(18(21)3)20-9-7-6-8-10-20/h6-13H,14-15H2,1-5H3,(H,25,29). The second kappa shape index (κ2) is 9.57. The molecule has 0 atom stereocenters. The predicted octanol–water partition coefficient (Wildman–Crippen LogP) is 3.65. The first kappa shape index (κ1) is 22.2. The Kier molecular flexibility index (Phi) is 6.87. The molecule has 1 aromatic heterocycles. The fourth-order valence-electron chi connectivity index (χ4n) is 3.49. The van der Waals surface area contributed by atoms with Gasteiger partial charge in [-0.05, 0) is 57.6 Å². The van der Waals surface area contributed by atoms with Gasteiger partial charge in [0.1, 0.15) is 0 Å². The minimum atomic E-state index is -0.436. The van der Waals surface area contributed by atoms with Crippen LogP contribution < -0.4 is 5.32 Å². The minimum absolute atomic E-state index is 0.154. The number of anilines is 1. The molecule has 3 aromatic rings. The van der Waals surface area contributed by atoms with Crippen molar-refractivity contribution in [1.29, 1.82) is 0 Å². The SMILES string of the molecule is COC(=O)c1ccc(C)c(NC(=O)CN(C)Cc2c(C)nn(-c3ccccc3)c2C)c1. The van der Waals surface area contributed by atoms with Gasteiger partial charge in [-0.1, -0.05) is 24.3 Å². The number of hydrogen-bond donors (Lipinski definition) is 1. The second-order valence-corrected chi connectivity index (χ2v) is 7.64. The maximum absolute atomic E-state index is 12.6. The van der Waals surface area contributed by atoms with Crippen LogP contribution in [0.25, 0.3) is 5.69 Å². The van der Waals surface area contributed by atoms with Gasteiger partial charge in [0.25, 0.3) is 0 Å². The number of ether oxygens (including phenoxy) is 1. The maximum atomic E-state index is 12.6. The highest BCUT2D eigenvalue weighted by molar-refractivity contribution is 5.96. The van der Waals surface area contributed by atoms with Crippen molar-refractivity contribution < 1.29 is 14.3 Å². The number of aryl methyl sites for hydroxylation is 2. The van der Waals surface area contributed by atoms with Crippen molar-refractivity contribution in [2.24, 2.45) is 0 Å². The van der Waals surface area contributed by atoms with Gasteiger partial charge in [0.2, 0.25) is 5.91 Å². The fraction of sp³-hybridized carbons (Fsp3) is 0.292. The molecule has 7 heteroatoms. The number of hydrogen-bond acceptors (Lipinski definition) is 5. The highest BCUT2D eigenvalue weighted by Gasteiger charge is 2.17. The summed E-state index contributed by atoms with van der Waals surface area (Å²) in [7, 11) is 3.23. The topological polar surface area (TPSA) is 76.5 Å². The van der Waals surface area contributed by atoms with E-state index in [9.17, 15) is 9.59 Å². The molecular formula is C24H28N4O3. The van der Waals surface area contributed by atoms with Crippen LogP contribution in [-0.4, -0.2) is 47.3 Å². The van der Waals surface area contributed by atoms with Crippen LogP contribution in [0.5, 0.6) is 0 Å². The van der Waals surface area contributed by atoms with E-state index in [0.29, 0.717) is 17.8 Å². The number of rotatable bonds is 7. The molecule has 31 heavy (non-hydrogen) atoms. The molecule has 0 unspecified atom stereocenters. The third-order valence-electron chi connectivity index (χ3n) is 5.22. The average molecular weight is 421 g/mol. The third kappa shape index (κ3) is 5.19. The van der Waals surface area contributed by atoms with Crippen LogP contribution in [0.1, 0.15) is 32.9 Å². The number of likely N-dealkylation sites (N-methyl/N-ethyl adjacent to an activating group) is 1.